The van der Waals surface area contributed by atoms with E-state index < -0.39 is 5.24 Å². The van der Waals surface area contributed by atoms with Gasteiger partial charge in [-0.2, -0.15) is 5.10 Å². The van der Waals surface area contributed by atoms with Crippen LogP contribution in [0.5, 0.6) is 0 Å². The molecule has 1 aromatic rings. The first-order valence-electron chi connectivity index (χ1n) is 6.06. The summed E-state index contributed by atoms with van der Waals surface area (Å²) < 4.78 is 0. The van der Waals surface area contributed by atoms with E-state index in [1.54, 1.807) is 0 Å². The van der Waals surface area contributed by atoms with Crippen molar-refractivity contribution in [2.24, 2.45) is 10.2 Å². The van der Waals surface area contributed by atoms with Crippen LogP contribution in [-0.2, 0) is 9.59 Å². The molecule has 0 saturated heterocycles. The lowest BCUT2D eigenvalue weighted by Crippen LogP contribution is -2.34. The van der Waals surface area contributed by atoms with Gasteiger partial charge < -0.3 is 5.32 Å². The highest BCUT2D eigenvalue weighted by molar-refractivity contribution is 7.96. The van der Waals surface area contributed by atoms with Gasteiger partial charge in [0.15, 0.2) is 5.84 Å². The number of benzene rings is 1. The van der Waals surface area contributed by atoms with E-state index in [1.165, 1.54) is 6.21 Å². The molecular weight excluding hydrogens is 328 g/mol. The van der Waals surface area contributed by atoms with Crippen molar-refractivity contribution >= 4 is 58.9 Å². The van der Waals surface area contributed by atoms with Crippen molar-refractivity contribution in [3.05, 3.63) is 30.3 Å². The summed E-state index contributed by atoms with van der Waals surface area (Å²) >= 11 is 8.70. The number of Topliss-reactive ketones (excluding diaryl/α,β-unsaturated/α-hetero) is 1. The Hall–Kier alpha value is -2.19. The topological polar surface area (TPSA) is 100.0 Å². The molecule has 0 spiro atoms. The van der Waals surface area contributed by atoms with E-state index in [9.17, 15) is 14.4 Å². The van der Waals surface area contributed by atoms with Gasteiger partial charge in [0.1, 0.15) is 5.88 Å². The number of halogens is 1. The Balaban J connectivity index is 0.000000220. The van der Waals surface area contributed by atoms with Crippen LogP contribution < -0.4 is 10.6 Å². The molecule has 2 rings (SSSR count). The molecule has 9 heteroatoms. The maximum absolute atomic E-state index is 10.9. The van der Waals surface area contributed by atoms with Crippen LogP contribution in [0.4, 0.5) is 10.5 Å². The number of hydrogen-bond acceptors (Lipinski definition) is 5. The van der Waals surface area contributed by atoms with E-state index >= 15 is 0 Å². The SMILES string of the molecule is O=C(CCl)Nc1ccccc1.O=C(S)NC1=NN=CCC1=O. The molecule has 1 aromatic carbocycles. The number of alkyl halides is 1. The molecule has 0 saturated carbocycles. The first-order valence-corrected chi connectivity index (χ1v) is 7.04. The van der Waals surface area contributed by atoms with Crippen molar-refractivity contribution in [2.75, 3.05) is 11.2 Å². The van der Waals surface area contributed by atoms with Crippen molar-refractivity contribution in [1.82, 2.24) is 5.32 Å². The summed E-state index contributed by atoms with van der Waals surface area (Å²) in [5.41, 5.74) is 0.776. The second-order valence-electron chi connectivity index (χ2n) is 3.85. The molecule has 1 aliphatic heterocycles. The molecular formula is C13H13ClN4O3S. The lowest BCUT2D eigenvalue weighted by molar-refractivity contribution is -0.114. The molecule has 2 N–H and O–H groups in total. The summed E-state index contributed by atoms with van der Waals surface area (Å²) in [4.78, 5) is 31.9. The minimum absolute atomic E-state index is 0.00507. The number of thiol groups is 1. The van der Waals surface area contributed by atoms with Gasteiger partial charge in [-0.3, -0.25) is 19.7 Å². The summed E-state index contributed by atoms with van der Waals surface area (Å²) in [5, 5.41) is 11.0. The second kappa shape index (κ2) is 9.69. The number of ketones is 1. The molecule has 22 heavy (non-hydrogen) atoms. The third-order valence-electron chi connectivity index (χ3n) is 2.18. The Morgan fingerprint density at radius 2 is 1.91 bits per heavy atom. The Kier molecular flexibility index (Phi) is 7.87. The van der Waals surface area contributed by atoms with E-state index in [-0.39, 0.29) is 29.8 Å². The number of para-hydroxylation sites is 1. The average molecular weight is 341 g/mol. The normalized spacial score (nSPS) is 12.6. The molecule has 0 fully saturated rings. The largest absolute Gasteiger partial charge is 0.325 e. The fourth-order valence-electron chi connectivity index (χ4n) is 1.29. The zero-order valence-corrected chi connectivity index (χ0v) is 13.0. The number of rotatable bonds is 2. The molecule has 0 bridgehead atoms. The maximum Gasteiger partial charge on any atom is 0.281 e. The number of amidine groups is 1. The van der Waals surface area contributed by atoms with Gasteiger partial charge in [-0.05, 0) is 12.1 Å². The van der Waals surface area contributed by atoms with E-state index in [0.29, 0.717) is 0 Å². The molecule has 7 nitrogen and oxygen atoms in total. The van der Waals surface area contributed by atoms with Crippen LogP contribution in [0, 0.1) is 0 Å². The number of carbonyl (C=O) groups is 3. The molecule has 1 aliphatic rings. The maximum atomic E-state index is 10.9. The quantitative estimate of drug-likeness (QED) is 0.565. The summed E-state index contributed by atoms with van der Waals surface area (Å²) in [5.74, 6) is -0.498. The van der Waals surface area contributed by atoms with E-state index in [2.05, 4.69) is 33.5 Å². The van der Waals surface area contributed by atoms with Gasteiger partial charge in [0.2, 0.25) is 11.7 Å². The molecule has 1 heterocycles. The van der Waals surface area contributed by atoms with Crippen molar-refractivity contribution in [3.63, 3.8) is 0 Å². The number of carbonyl (C=O) groups excluding carboxylic acids is 3. The average Bonchev–Trinajstić information content (AvgIpc) is 2.51. The number of anilines is 1. The summed E-state index contributed by atoms with van der Waals surface area (Å²) in [6, 6.07) is 9.21. The Morgan fingerprint density at radius 1 is 1.23 bits per heavy atom. The van der Waals surface area contributed by atoms with Crippen LogP contribution >= 0.6 is 24.2 Å². The third kappa shape index (κ3) is 7.00. The highest BCUT2D eigenvalue weighted by Gasteiger charge is 2.14. The van der Waals surface area contributed by atoms with E-state index in [4.69, 9.17) is 11.6 Å². The second-order valence-corrected chi connectivity index (χ2v) is 4.53. The van der Waals surface area contributed by atoms with Crippen molar-refractivity contribution in [2.45, 2.75) is 6.42 Å². The Morgan fingerprint density at radius 3 is 2.45 bits per heavy atom. The van der Waals surface area contributed by atoms with Crippen LogP contribution in [-0.4, -0.2) is 34.9 Å². The van der Waals surface area contributed by atoms with Crippen LogP contribution in [0.3, 0.4) is 0 Å². The van der Waals surface area contributed by atoms with Crippen LogP contribution in [0.25, 0.3) is 0 Å². The summed E-state index contributed by atoms with van der Waals surface area (Å²) in [6.07, 6.45) is 1.55. The standard InChI is InChI=1S/C8H8ClNO.C5H5N3O2S/c9-6-8(11)10-7-4-2-1-3-5-7;9-3-1-2-6-8-4(3)7-5(10)11/h1-5H,6H2,(H,10,11);2H,1H2,(H2,7,8,10,11). The molecule has 2 amide bonds. The fourth-order valence-corrected chi connectivity index (χ4v) is 1.46. The number of hydrogen-bond donors (Lipinski definition) is 3. The first-order chi connectivity index (χ1) is 10.5. The molecule has 0 radical (unpaired) electrons. The Labute approximate surface area is 137 Å². The molecule has 0 aliphatic carbocycles. The molecule has 116 valence electrons. The number of amides is 2. The Bertz CT molecular complexity index is 605. The van der Waals surface area contributed by atoms with E-state index in [0.717, 1.165) is 5.69 Å². The van der Waals surface area contributed by atoms with Crippen LogP contribution in [0.15, 0.2) is 40.5 Å². The van der Waals surface area contributed by atoms with Gasteiger partial charge >= 0.3 is 0 Å². The number of nitrogens with one attached hydrogen (secondary N) is 2. The highest BCUT2D eigenvalue weighted by atomic mass is 35.5. The zero-order valence-electron chi connectivity index (χ0n) is 11.3. The van der Waals surface area contributed by atoms with Crippen molar-refractivity contribution < 1.29 is 14.4 Å². The summed E-state index contributed by atoms with van der Waals surface area (Å²) in [6.45, 7) is 0. The summed E-state index contributed by atoms with van der Waals surface area (Å²) in [7, 11) is 0. The predicted molar refractivity (Wildman–Crippen MR) is 88.9 cm³/mol. The van der Waals surface area contributed by atoms with Gasteiger partial charge in [0.25, 0.3) is 5.24 Å². The molecule has 0 atom stereocenters. The molecule has 0 aromatic heterocycles. The number of nitrogens with zero attached hydrogens (tertiary/aromatic N) is 2. The van der Waals surface area contributed by atoms with Crippen molar-refractivity contribution in [3.8, 4) is 0 Å². The minimum Gasteiger partial charge on any atom is -0.325 e. The lowest BCUT2D eigenvalue weighted by Gasteiger charge is -2.03. The van der Waals surface area contributed by atoms with Gasteiger partial charge in [-0.1, -0.05) is 30.8 Å². The highest BCUT2D eigenvalue weighted by Crippen LogP contribution is 2.04. The van der Waals surface area contributed by atoms with Crippen LogP contribution in [0.1, 0.15) is 6.42 Å². The third-order valence-corrected chi connectivity index (χ3v) is 2.54. The van der Waals surface area contributed by atoms with Crippen molar-refractivity contribution in [1.29, 1.82) is 0 Å². The predicted octanol–water partition coefficient (Wildman–Crippen LogP) is 1.85. The first kappa shape index (κ1) is 17.9. The smallest absolute Gasteiger partial charge is 0.281 e. The monoisotopic (exact) mass is 340 g/mol. The van der Waals surface area contributed by atoms with E-state index in [1.807, 2.05) is 30.3 Å². The molecule has 0 unspecified atom stereocenters. The van der Waals surface area contributed by atoms with Gasteiger partial charge in [-0.25, -0.2) is 0 Å². The lowest BCUT2D eigenvalue weighted by atomic mass is 10.2. The van der Waals surface area contributed by atoms with Gasteiger partial charge in [-0.15, -0.1) is 16.7 Å². The fraction of sp³-hybridized carbons (Fsp3) is 0.154. The van der Waals surface area contributed by atoms with Gasteiger partial charge in [0, 0.05) is 11.9 Å². The van der Waals surface area contributed by atoms with Gasteiger partial charge in [0.05, 0.1) is 6.42 Å². The minimum atomic E-state index is -0.616. The zero-order chi connectivity index (χ0) is 16.4. The van der Waals surface area contributed by atoms with Crippen LogP contribution in [0.2, 0.25) is 0 Å².